The van der Waals surface area contributed by atoms with Crippen LogP contribution in [0.3, 0.4) is 0 Å². The van der Waals surface area contributed by atoms with Crippen molar-refractivity contribution in [1.29, 1.82) is 0 Å². The van der Waals surface area contributed by atoms with Crippen molar-refractivity contribution in [2.24, 2.45) is 0 Å². The van der Waals surface area contributed by atoms with Crippen molar-refractivity contribution in [2.45, 2.75) is 0 Å². The van der Waals surface area contributed by atoms with Crippen molar-refractivity contribution in [2.75, 3.05) is 7.11 Å². The number of benzene rings is 1. The number of ether oxygens (including phenoxy) is 1. The van der Waals surface area contributed by atoms with Gasteiger partial charge in [-0.15, -0.1) is 0 Å². The zero-order chi connectivity index (χ0) is 11.7. The van der Waals surface area contributed by atoms with Gasteiger partial charge in [-0.05, 0) is 17.7 Å². The largest absolute Gasteiger partial charge is 0.497 e. The summed E-state index contributed by atoms with van der Waals surface area (Å²) in [7, 11) is 1.65. The van der Waals surface area contributed by atoms with E-state index < -0.39 is 0 Å². The highest BCUT2D eigenvalue weighted by Gasteiger charge is 2.01. The van der Waals surface area contributed by atoms with Crippen LogP contribution in [-0.4, -0.2) is 21.7 Å². The van der Waals surface area contributed by atoms with E-state index in [-0.39, 0.29) is 0 Å². The first-order valence-electron chi connectivity index (χ1n) is 5.22. The molecule has 0 aliphatic carbocycles. The van der Waals surface area contributed by atoms with Gasteiger partial charge in [-0.1, -0.05) is 12.1 Å². The number of methoxy groups -OCH3 is 1. The summed E-state index contributed by atoms with van der Waals surface area (Å²) in [6, 6.07) is 10.8. The highest BCUT2D eigenvalue weighted by Crippen LogP contribution is 2.21. The predicted molar refractivity (Wildman–Crippen MR) is 63.8 cm³/mol. The molecule has 1 radical (unpaired) electrons. The maximum absolute atomic E-state index is 5.12. The van der Waals surface area contributed by atoms with Crippen LogP contribution in [-0.2, 0) is 0 Å². The Kier molecular flexibility index (Phi) is 2.26. The standard InChI is InChI=1S/C13H10N3O/c1-17-12-4-2-10(3-5-12)11-8-14-13-6-7-15-16(13)9-11/h2-5,7-9H,1H3. The predicted octanol–water partition coefficient (Wildman–Crippen LogP) is 2.21. The molecule has 0 spiro atoms. The lowest BCUT2D eigenvalue weighted by molar-refractivity contribution is 0.415. The number of hydrogen-bond donors (Lipinski definition) is 0. The Balaban J connectivity index is 2.06. The van der Waals surface area contributed by atoms with E-state index in [1.807, 2.05) is 36.7 Å². The highest BCUT2D eigenvalue weighted by molar-refractivity contribution is 5.63. The molecule has 83 valence electrons. The molecular weight excluding hydrogens is 214 g/mol. The molecule has 0 aliphatic rings. The Bertz CT molecular complexity index is 643. The fourth-order valence-electron chi connectivity index (χ4n) is 1.69. The zero-order valence-corrected chi connectivity index (χ0v) is 9.29. The molecule has 4 nitrogen and oxygen atoms in total. The Hall–Kier alpha value is -2.36. The fourth-order valence-corrected chi connectivity index (χ4v) is 1.69. The van der Waals surface area contributed by atoms with Gasteiger partial charge in [0.1, 0.15) is 5.75 Å². The van der Waals surface area contributed by atoms with Gasteiger partial charge >= 0.3 is 0 Å². The van der Waals surface area contributed by atoms with E-state index in [2.05, 4.69) is 16.1 Å². The molecule has 2 heterocycles. The smallest absolute Gasteiger partial charge is 0.163 e. The molecule has 0 saturated heterocycles. The lowest BCUT2D eigenvalue weighted by Gasteiger charge is -2.03. The number of fused-ring (bicyclic) bond motifs is 1. The van der Waals surface area contributed by atoms with Gasteiger partial charge < -0.3 is 4.74 Å². The number of rotatable bonds is 2. The van der Waals surface area contributed by atoms with Crippen LogP contribution in [0, 0.1) is 6.07 Å². The van der Waals surface area contributed by atoms with E-state index >= 15 is 0 Å². The molecular formula is C13H10N3O. The van der Waals surface area contributed by atoms with Crippen molar-refractivity contribution in [1.82, 2.24) is 14.6 Å². The Labute approximate surface area is 98.5 Å². The summed E-state index contributed by atoms with van der Waals surface area (Å²) in [6.07, 6.45) is 5.36. The maximum Gasteiger partial charge on any atom is 0.163 e. The van der Waals surface area contributed by atoms with Crippen molar-refractivity contribution in [3.05, 3.63) is 48.9 Å². The van der Waals surface area contributed by atoms with Gasteiger partial charge in [0.25, 0.3) is 0 Å². The van der Waals surface area contributed by atoms with Crippen molar-refractivity contribution in [3.63, 3.8) is 0 Å². The molecule has 0 bridgehead atoms. The van der Waals surface area contributed by atoms with E-state index in [4.69, 9.17) is 4.74 Å². The van der Waals surface area contributed by atoms with E-state index in [1.165, 1.54) is 0 Å². The van der Waals surface area contributed by atoms with Gasteiger partial charge in [0.2, 0.25) is 0 Å². The van der Waals surface area contributed by atoms with Gasteiger partial charge in [0, 0.05) is 18.0 Å². The molecule has 0 saturated carbocycles. The molecule has 0 N–H and O–H groups in total. The van der Waals surface area contributed by atoms with Crippen LogP contribution >= 0.6 is 0 Å². The van der Waals surface area contributed by atoms with Gasteiger partial charge in [-0.3, -0.25) is 0 Å². The van der Waals surface area contributed by atoms with E-state index in [1.54, 1.807) is 17.8 Å². The van der Waals surface area contributed by atoms with Gasteiger partial charge in [0.05, 0.1) is 19.4 Å². The second-order valence-corrected chi connectivity index (χ2v) is 3.63. The molecule has 4 heteroatoms. The minimum atomic E-state index is 0.724. The molecule has 0 atom stereocenters. The minimum Gasteiger partial charge on any atom is -0.497 e. The minimum absolute atomic E-state index is 0.724. The zero-order valence-electron chi connectivity index (χ0n) is 9.29. The van der Waals surface area contributed by atoms with E-state index in [0.29, 0.717) is 0 Å². The third-order valence-electron chi connectivity index (χ3n) is 2.60. The van der Waals surface area contributed by atoms with Gasteiger partial charge in [-0.2, -0.15) is 5.10 Å². The molecule has 17 heavy (non-hydrogen) atoms. The summed E-state index contributed by atoms with van der Waals surface area (Å²) in [5.41, 5.74) is 2.82. The third-order valence-corrected chi connectivity index (χ3v) is 2.60. The van der Waals surface area contributed by atoms with Crippen LogP contribution in [0.5, 0.6) is 5.75 Å². The van der Waals surface area contributed by atoms with E-state index in [0.717, 1.165) is 22.5 Å². The average molecular weight is 224 g/mol. The van der Waals surface area contributed by atoms with E-state index in [9.17, 15) is 0 Å². The van der Waals surface area contributed by atoms with Gasteiger partial charge in [0.15, 0.2) is 5.65 Å². The molecule has 3 aromatic rings. The Morgan fingerprint density at radius 3 is 2.76 bits per heavy atom. The lowest BCUT2D eigenvalue weighted by atomic mass is 10.1. The second-order valence-electron chi connectivity index (χ2n) is 3.63. The quantitative estimate of drug-likeness (QED) is 0.670. The third kappa shape index (κ3) is 1.73. The summed E-state index contributed by atoms with van der Waals surface area (Å²) in [4.78, 5) is 4.27. The molecule has 1 aromatic carbocycles. The summed E-state index contributed by atoms with van der Waals surface area (Å²) in [5.74, 6) is 0.843. The molecule has 0 amide bonds. The van der Waals surface area contributed by atoms with Crippen LogP contribution in [0.2, 0.25) is 0 Å². The number of aromatic nitrogens is 3. The molecule has 0 unspecified atom stereocenters. The fraction of sp³-hybridized carbons (Fsp3) is 0.0769. The van der Waals surface area contributed by atoms with Crippen LogP contribution in [0.4, 0.5) is 0 Å². The van der Waals surface area contributed by atoms with Crippen molar-refractivity contribution in [3.8, 4) is 16.9 Å². The van der Waals surface area contributed by atoms with Gasteiger partial charge in [-0.25, -0.2) is 9.50 Å². The summed E-state index contributed by atoms with van der Waals surface area (Å²) in [6.45, 7) is 0. The molecule has 2 aromatic heterocycles. The molecule has 0 aliphatic heterocycles. The normalized spacial score (nSPS) is 10.6. The second kappa shape index (κ2) is 3.90. The average Bonchev–Trinajstić information content (AvgIpc) is 2.86. The first-order chi connectivity index (χ1) is 8.36. The topological polar surface area (TPSA) is 39.4 Å². The first kappa shape index (κ1) is 9.84. The Morgan fingerprint density at radius 1 is 1.18 bits per heavy atom. The number of nitrogens with zero attached hydrogens (tertiary/aromatic N) is 3. The SMILES string of the molecule is COc1ccc(-c2cnc3[c]cnn3c2)cc1. The van der Waals surface area contributed by atoms with Crippen LogP contribution in [0.25, 0.3) is 16.8 Å². The van der Waals surface area contributed by atoms with Crippen LogP contribution in [0.1, 0.15) is 0 Å². The monoisotopic (exact) mass is 224 g/mol. The van der Waals surface area contributed by atoms with Crippen molar-refractivity contribution >= 4 is 5.65 Å². The highest BCUT2D eigenvalue weighted by atomic mass is 16.5. The molecule has 3 rings (SSSR count). The first-order valence-corrected chi connectivity index (χ1v) is 5.22. The van der Waals surface area contributed by atoms with Crippen LogP contribution < -0.4 is 4.74 Å². The lowest BCUT2D eigenvalue weighted by Crippen LogP contribution is -1.91. The molecule has 0 fully saturated rings. The van der Waals surface area contributed by atoms with Crippen LogP contribution in [0.15, 0.2) is 42.9 Å². The summed E-state index contributed by atoms with van der Waals surface area (Å²) >= 11 is 0. The maximum atomic E-state index is 5.12. The number of hydrogen-bond acceptors (Lipinski definition) is 3. The van der Waals surface area contributed by atoms with Crippen molar-refractivity contribution < 1.29 is 4.74 Å². The summed E-state index contributed by atoms with van der Waals surface area (Å²) < 4.78 is 6.83. The summed E-state index contributed by atoms with van der Waals surface area (Å²) in [5, 5.41) is 4.11. The Morgan fingerprint density at radius 2 is 2.00 bits per heavy atom.